The Morgan fingerprint density at radius 3 is 2.79 bits per heavy atom. The number of likely N-dealkylation sites (N-methyl/N-ethyl adjacent to an activating group) is 1. The van der Waals surface area contributed by atoms with Crippen molar-refractivity contribution in [3.05, 3.63) is 0 Å². The van der Waals surface area contributed by atoms with Crippen molar-refractivity contribution in [1.29, 1.82) is 0 Å². The van der Waals surface area contributed by atoms with Crippen molar-refractivity contribution >= 4 is 5.97 Å². The van der Waals surface area contributed by atoms with Crippen LogP contribution in [-0.4, -0.2) is 48.3 Å². The maximum Gasteiger partial charge on any atom is 0.303 e. The Balaban J connectivity index is 1.85. The minimum Gasteiger partial charge on any atom is -0.458 e. The molecule has 4 fully saturated rings. The van der Waals surface area contributed by atoms with Gasteiger partial charge < -0.3 is 9.47 Å². The summed E-state index contributed by atoms with van der Waals surface area (Å²) in [6.07, 6.45) is 2.64. The van der Waals surface area contributed by atoms with Crippen LogP contribution < -0.4 is 0 Å². The van der Waals surface area contributed by atoms with E-state index in [1.165, 1.54) is 6.92 Å². The van der Waals surface area contributed by atoms with Crippen LogP contribution in [-0.2, 0) is 14.3 Å². The fraction of sp³-hybridized carbons (Fsp3) is 0.900. The first-order chi connectivity index (χ1) is 6.66. The zero-order chi connectivity index (χ0) is 9.87. The van der Waals surface area contributed by atoms with Crippen molar-refractivity contribution in [2.24, 2.45) is 0 Å². The molecule has 5 atom stereocenters. The molecule has 0 aromatic heterocycles. The van der Waals surface area contributed by atoms with Crippen LogP contribution in [0.15, 0.2) is 0 Å². The molecule has 0 saturated carbocycles. The second-order valence-electron chi connectivity index (χ2n) is 4.57. The Kier molecular flexibility index (Phi) is 1.67. The van der Waals surface area contributed by atoms with Crippen molar-refractivity contribution in [2.75, 3.05) is 7.05 Å². The third-order valence-electron chi connectivity index (χ3n) is 3.79. The predicted octanol–water partition coefficient (Wildman–Crippen LogP) is 0.162. The van der Waals surface area contributed by atoms with Crippen LogP contribution in [0.2, 0.25) is 0 Å². The van der Waals surface area contributed by atoms with E-state index in [1.807, 2.05) is 0 Å². The van der Waals surface area contributed by atoms with Crippen LogP contribution in [0, 0.1) is 0 Å². The van der Waals surface area contributed by atoms with Gasteiger partial charge in [0, 0.05) is 13.0 Å². The number of nitrogens with zero attached hydrogens (tertiary/aromatic N) is 1. The third-order valence-corrected chi connectivity index (χ3v) is 3.79. The van der Waals surface area contributed by atoms with E-state index in [0.29, 0.717) is 18.2 Å². The van der Waals surface area contributed by atoms with E-state index >= 15 is 0 Å². The van der Waals surface area contributed by atoms with Crippen LogP contribution in [0.3, 0.4) is 0 Å². The Morgan fingerprint density at radius 2 is 2.14 bits per heavy atom. The molecule has 4 heterocycles. The van der Waals surface area contributed by atoms with Crippen molar-refractivity contribution in [2.45, 2.75) is 50.2 Å². The number of rotatable bonds is 1. The van der Waals surface area contributed by atoms with Crippen LogP contribution in [0.5, 0.6) is 0 Å². The fourth-order valence-electron chi connectivity index (χ4n) is 3.22. The Hall–Kier alpha value is -0.610. The van der Waals surface area contributed by atoms with Gasteiger partial charge in [-0.05, 0) is 19.9 Å². The lowest BCUT2D eigenvalue weighted by molar-refractivity contribution is -0.160. The highest BCUT2D eigenvalue weighted by Gasteiger charge is 2.59. The van der Waals surface area contributed by atoms with Gasteiger partial charge >= 0.3 is 5.97 Å². The Bertz CT molecular complexity index is 279. The Labute approximate surface area is 83.2 Å². The van der Waals surface area contributed by atoms with Crippen molar-refractivity contribution in [3.8, 4) is 0 Å². The highest BCUT2D eigenvalue weighted by atomic mass is 16.6. The monoisotopic (exact) mass is 197 g/mol. The molecule has 0 radical (unpaired) electrons. The molecule has 4 nitrogen and oxygen atoms in total. The zero-order valence-electron chi connectivity index (χ0n) is 8.47. The normalized spacial score (nSPS) is 50.0. The second kappa shape index (κ2) is 2.70. The number of carbonyl (C=O) groups is 1. The van der Waals surface area contributed by atoms with E-state index in [2.05, 4.69) is 11.9 Å². The molecule has 0 aromatic rings. The summed E-state index contributed by atoms with van der Waals surface area (Å²) >= 11 is 0. The first kappa shape index (κ1) is 8.68. The molecule has 0 aromatic carbocycles. The molecule has 0 unspecified atom stereocenters. The quantitative estimate of drug-likeness (QED) is 0.561. The smallest absolute Gasteiger partial charge is 0.303 e. The molecule has 14 heavy (non-hydrogen) atoms. The summed E-state index contributed by atoms with van der Waals surface area (Å²) in [6, 6.07) is 0.865. The predicted molar refractivity (Wildman–Crippen MR) is 48.8 cm³/mol. The zero-order valence-corrected chi connectivity index (χ0v) is 8.47. The van der Waals surface area contributed by atoms with E-state index in [1.54, 1.807) is 0 Å². The molecule has 4 saturated heterocycles. The highest BCUT2D eigenvalue weighted by Crippen LogP contribution is 2.45. The van der Waals surface area contributed by atoms with Crippen LogP contribution >= 0.6 is 0 Å². The standard InChI is InChI=1S/C10H15NO3/c1-5(12)13-9-7-3-6-4-8(11(7)2)10(9)14-6/h6-10H,3-4H2,1-2H3/t6-,7-,8+,9-,10-/m1/s1. The molecule has 4 aliphatic heterocycles. The molecule has 4 rings (SSSR count). The summed E-state index contributed by atoms with van der Waals surface area (Å²) in [5.74, 6) is -0.192. The molecule has 4 heteroatoms. The SMILES string of the molecule is CC(=O)O[C@H]1[C@@H]2O[C@@H]3C[C@H]1N(C)[C@H]2C3. The number of hydrogen-bond donors (Lipinski definition) is 0. The van der Waals surface area contributed by atoms with Gasteiger partial charge in [-0.15, -0.1) is 0 Å². The average molecular weight is 197 g/mol. The molecule has 78 valence electrons. The summed E-state index contributed by atoms with van der Waals surface area (Å²) in [4.78, 5) is 13.3. The molecule has 0 spiro atoms. The van der Waals surface area contributed by atoms with Crippen LogP contribution in [0.4, 0.5) is 0 Å². The van der Waals surface area contributed by atoms with Gasteiger partial charge in [0.1, 0.15) is 12.2 Å². The van der Waals surface area contributed by atoms with E-state index in [4.69, 9.17) is 9.47 Å². The van der Waals surface area contributed by atoms with E-state index in [0.717, 1.165) is 12.8 Å². The van der Waals surface area contributed by atoms with Crippen molar-refractivity contribution in [1.82, 2.24) is 4.90 Å². The summed E-state index contributed by atoms with van der Waals surface area (Å²) in [6.45, 7) is 1.47. The molecule has 0 aliphatic carbocycles. The van der Waals surface area contributed by atoms with Crippen molar-refractivity contribution < 1.29 is 14.3 Å². The van der Waals surface area contributed by atoms with Gasteiger partial charge in [0.25, 0.3) is 0 Å². The van der Waals surface area contributed by atoms with Gasteiger partial charge in [-0.1, -0.05) is 0 Å². The summed E-state index contributed by atoms with van der Waals surface area (Å²) in [5, 5.41) is 0. The van der Waals surface area contributed by atoms with Gasteiger partial charge in [-0.3, -0.25) is 9.69 Å². The third kappa shape index (κ3) is 0.982. The fourth-order valence-corrected chi connectivity index (χ4v) is 3.22. The van der Waals surface area contributed by atoms with Gasteiger partial charge in [0.05, 0.1) is 12.1 Å². The molecule has 0 amide bonds. The van der Waals surface area contributed by atoms with Crippen LogP contribution in [0.25, 0.3) is 0 Å². The van der Waals surface area contributed by atoms with Gasteiger partial charge in [0.2, 0.25) is 0 Å². The number of ether oxygens (including phenoxy) is 2. The van der Waals surface area contributed by atoms with E-state index in [9.17, 15) is 4.79 Å². The van der Waals surface area contributed by atoms with Gasteiger partial charge in [-0.25, -0.2) is 0 Å². The highest BCUT2D eigenvalue weighted by molar-refractivity contribution is 5.66. The lowest BCUT2D eigenvalue weighted by atomic mass is 10.0. The van der Waals surface area contributed by atoms with Crippen LogP contribution in [0.1, 0.15) is 19.8 Å². The molecule has 4 aliphatic rings. The summed E-state index contributed by atoms with van der Waals surface area (Å²) in [7, 11) is 2.11. The minimum absolute atomic E-state index is 0.0266. The second-order valence-corrected chi connectivity index (χ2v) is 4.57. The number of esters is 1. The molecule has 0 N–H and O–H groups in total. The molecular formula is C10H15NO3. The largest absolute Gasteiger partial charge is 0.458 e. The average Bonchev–Trinajstić information content (AvgIpc) is 2.52. The number of carbonyl (C=O) groups excluding carboxylic acids is 1. The lowest BCUT2D eigenvalue weighted by Crippen LogP contribution is -2.46. The first-order valence-electron chi connectivity index (χ1n) is 5.21. The van der Waals surface area contributed by atoms with E-state index < -0.39 is 0 Å². The maximum atomic E-state index is 11.0. The maximum absolute atomic E-state index is 11.0. The lowest BCUT2D eigenvalue weighted by Gasteiger charge is -2.35. The molecule has 4 bridgehead atoms. The topological polar surface area (TPSA) is 38.8 Å². The first-order valence-corrected chi connectivity index (χ1v) is 5.21. The molecular weight excluding hydrogens is 182 g/mol. The summed E-state index contributed by atoms with van der Waals surface area (Å²) in [5.41, 5.74) is 0. The minimum atomic E-state index is -0.192. The van der Waals surface area contributed by atoms with Gasteiger partial charge in [-0.2, -0.15) is 0 Å². The van der Waals surface area contributed by atoms with Crippen molar-refractivity contribution in [3.63, 3.8) is 0 Å². The van der Waals surface area contributed by atoms with E-state index in [-0.39, 0.29) is 18.2 Å². The number of hydrogen-bond acceptors (Lipinski definition) is 4. The summed E-state index contributed by atoms with van der Waals surface area (Å²) < 4.78 is 11.2. The number of piperidine rings is 1. The Morgan fingerprint density at radius 1 is 1.43 bits per heavy atom. The van der Waals surface area contributed by atoms with Gasteiger partial charge in [0.15, 0.2) is 0 Å².